The Kier molecular flexibility index (Phi) is 6.20. The number of ether oxygens (including phenoxy) is 1. The van der Waals surface area contributed by atoms with Crippen molar-refractivity contribution in [1.82, 2.24) is 9.88 Å². The van der Waals surface area contributed by atoms with Crippen molar-refractivity contribution >= 4 is 23.6 Å². The molecule has 0 bridgehead atoms. The molecule has 0 amide bonds. The van der Waals surface area contributed by atoms with E-state index in [1.807, 2.05) is 66.2 Å². The highest BCUT2D eigenvalue weighted by atomic mass is 16.5. The fraction of sp³-hybridized carbons (Fsp3) is 0.259. The van der Waals surface area contributed by atoms with Gasteiger partial charge in [-0.2, -0.15) is 0 Å². The first-order valence-corrected chi connectivity index (χ1v) is 11.1. The maximum Gasteiger partial charge on any atom is 0.329 e. The number of carboxylic acid groups (broad SMARTS) is 1. The van der Waals surface area contributed by atoms with Gasteiger partial charge in [0.2, 0.25) is 0 Å². The quantitative estimate of drug-likeness (QED) is 0.493. The number of benzene rings is 2. The van der Waals surface area contributed by atoms with Crippen molar-refractivity contribution in [1.29, 1.82) is 0 Å². The lowest BCUT2D eigenvalue weighted by Crippen LogP contribution is -2.46. The molecule has 1 aliphatic rings. The Morgan fingerprint density at radius 3 is 2.27 bits per heavy atom. The molecular formula is C27H28N2O4. The summed E-state index contributed by atoms with van der Waals surface area (Å²) in [7, 11) is 0. The van der Waals surface area contributed by atoms with Crippen LogP contribution in [-0.4, -0.2) is 28.0 Å². The van der Waals surface area contributed by atoms with Crippen LogP contribution in [-0.2, 0) is 28.1 Å². The number of aromatic nitrogens is 1. The molecule has 2 N–H and O–H groups in total. The highest BCUT2D eigenvalue weighted by Crippen LogP contribution is 2.39. The Morgan fingerprint density at radius 1 is 1.06 bits per heavy atom. The van der Waals surface area contributed by atoms with Crippen LogP contribution in [0.15, 0.2) is 60.7 Å². The molecule has 2 heterocycles. The molecule has 0 aliphatic carbocycles. The minimum absolute atomic E-state index is 0.0709. The van der Waals surface area contributed by atoms with Crippen LogP contribution in [0.1, 0.15) is 59.2 Å². The van der Waals surface area contributed by atoms with Crippen LogP contribution in [0.25, 0.3) is 11.9 Å². The average molecular weight is 445 g/mol. The Bertz CT molecular complexity index is 1210. The summed E-state index contributed by atoms with van der Waals surface area (Å²) in [4.78, 5) is 24.3. The topological polar surface area (TPSA) is 80.6 Å². The minimum Gasteiger partial charge on any atom is -0.480 e. The number of hydrogen-bond acceptors (Lipinski definition) is 4. The number of aliphatic carboxylic acids is 1. The predicted molar refractivity (Wildman–Crippen MR) is 128 cm³/mol. The molecule has 6 heteroatoms. The van der Waals surface area contributed by atoms with Crippen molar-refractivity contribution in [3.05, 3.63) is 94.3 Å². The van der Waals surface area contributed by atoms with Gasteiger partial charge in [-0.25, -0.2) is 4.79 Å². The summed E-state index contributed by atoms with van der Waals surface area (Å²) >= 11 is 0. The van der Waals surface area contributed by atoms with Gasteiger partial charge in [0.1, 0.15) is 6.61 Å². The van der Waals surface area contributed by atoms with E-state index in [4.69, 9.17) is 4.74 Å². The van der Waals surface area contributed by atoms with Gasteiger partial charge in [-0.05, 0) is 37.0 Å². The molecule has 1 aromatic heterocycles. The largest absolute Gasteiger partial charge is 0.480 e. The van der Waals surface area contributed by atoms with E-state index < -0.39 is 18.3 Å². The molecule has 0 spiro atoms. The molecular weight excluding hydrogens is 416 g/mol. The highest BCUT2D eigenvalue weighted by Gasteiger charge is 2.41. The van der Waals surface area contributed by atoms with E-state index in [9.17, 15) is 14.7 Å². The molecule has 6 nitrogen and oxygen atoms in total. The van der Waals surface area contributed by atoms with E-state index in [2.05, 4.69) is 17.4 Å². The standard InChI is InChI=1S/C27H28N2O4/c1-4-21-23(15-19-11-7-5-8-12-19)29-16-22(20-13-9-6-10-14-20)28-27(3,33-17-24(31)32)26(29)25(21)18(2)30/h5-14,16,28H,4,15,17H2,1-3H3,(H,31,32). The zero-order valence-corrected chi connectivity index (χ0v) is 19.1. The van der Waals surface area contributed by atoms with Crippen molar-refractivity contribution in [2.24, 2.45) is 0 Å². The maximum absolute atomic E-state index is 12.9. The second-order valence-electron chi connectivity index (χ2n) is 8.34. The first-order valence-electron chi connectivity index (χ1n) is 11.1. The number of hydrogen-bond donors (Lipinski definition) is 2. The van der Waals surface area contributed by atoms with Crippen LogP contribution in [0.5, 0.6) is 0 Å². The second kappa shape index (κ2) is 9.08. The van der Waals surface area contributed by atoms with E-state index in [0.29, 0.717) is 24.1 Å². The molecule has 0 saturated carbocycles. The summed E-state index contributed by atoms with van der Waals surface area (Å²) in [5, 5.41) is 12.7. The molecule has 170 valence electrons. The van der Waals surface area contributed by atoms with Gasteiger partial charge in [-0.15, -0.1) is 0 Å². The smallest absolute Gasteiger partial charge is 0.329 e. The molecule has 1 unspecified atom stereocenters. The van der Waals surface area contributed by atoms with E-state index in [0.717, 1.165) is 28.1 Å². The van der Waals surface area contributed by atoms with Gasteiger partial charge in [0, 0.05) is 23.9 Å². The van der Waals surface area contributed by atoms with E-state index in [1.165, 1.54) is 0 Å². The predicted octanol–water partition coefficient (Wildman–Crippen LogP) is 4.68. The van der Waals surface area contributed by atoms with E-state index in [1.54, 1.807) is 13.8 Å². The van der Waals surface area contributed by atoms with Crippen LogP contribution in [0.4, 0.5) is 0 Å². The Morgan fingerprint density at radius 2 is 1.70 bits per heavy atom. The number of carboxylic acids is 1. The number of carbonyl (C=O) groups excluding carboxylic acids is 1. The molecule has 0 radical (unpaired) electrons. The van der Waals surface area contributed by atoms with Crippen molar-refractivity contribution < 1.29 is 19.4 Å². The summed E-state index contributed by atoms with van der Waals surface area (Å²) in [5.74, 6) is -1.14. The molecule has 3 aromatic rings. The first kappa shape index (κ1) is 22.6. The zero-order valence-electron chi connectivity index (χ0n) is 19.1. The van der Waals surface area contributed by atoms with Gasteiger partial charge in [-0.1, -0.05) is 67.6 Å². The molecule has 1 atom stereocenters. The van der Waals surface area contributed by atoms with Crippen LogP contribution >= 0.6 is 0 Å². The summed E-state index contributed by atoms with van der Waals surface area (Å²) < 4.78 is 7.97. The fourth-order valence-electron chi connectivity index (χ4n) is 4.59. The van der Waals surface area contributed by atoms with Gasteiger partial charge in [-0.3, -0.25) is 4.79 Å². The second-order valence-corrected chi connectivity index (χ2v) is 8.34. The van der Waals surface area contributed by atoms with Crippen LogP contribution in [0, 0.1) is 0 Å². The third kappa shape index (κ3) is 4.34. The number of nitrogens with one attached hydrogen (secondary N) is 1. The summed E-state index contributed by atoms with van der Waals surface area (Å²) in [6.07, 6.45) is 3.29. The van der Waals surface area contributed by atoms with Gasteiger partial charge in [0.25, 0.3) is 0 Å². The van der Waals surface area contributed by atoms with Crippen molar-refractivity contribution in [3.63, 3.8) is 0 Å². The highest BCUT2D eigenvalue weighted by molar-refractivity contribution is 5.99. The third-order valence-electron chi connectivity index (χ3n) is 5.99. The maximum atomic E-state index is 12.9. The summed E-state index contributed by atoms with van der Waals surface area (Å²) in [6.45, 7) is 4.88. The number of fused-ring (bicyclic) bond motifs is 1. The zero-order chi connectivity index (χ0) is 23.6. The van der Waals surface area contributed by atoms with Gasteiger partial charge >= 0.3 is 5.97 Å². The monoisotopic (exact) mass is 444 g/mol. The molecule has 4 rings (SSSR count). The molecule has 1 aliphatic heterocycles. The molecule has 0 fully saturated rings. The lowest BCUT2D eigenvalue weighted by atomic mass is 9.96. The molecule has 2 aromatic carbocycles. The van der Waals surface area contributed by atoms with Crippen molar-refractivity contribution in [2.75, 3.05) is 6.61 Å². The molecule has 0 saturated heterocycles. The van der Waals surface area contributed by atoms with Gasteiger partial charge in [0.05, 0.1) is 11.4 Å². The minimum atomic E-state index is -1.21. The Hall–Kier alpha value is -3.64. The lowest BCUT2D eigenvalue weighted by Gasteiger charge is -2.37. The Labute approximate surface area is 193 Å². The SMILES string of the molecule is CCc1c(C(C)=O)c2n(c1Cc1ccccc1)C=C(c1ccccc1)NC2(C)OCC(=O)O. The Balaban J connectivity index is 1.98. The number of nitrogens with zero attached hydrogens (tertiary/aromatic N) is 1. The fourth-order valence-corrected chi connectivity index (χ4v) is 4.59. The summed E-state index contributed by atoms with van der Waals surface area (Å²) in [6, 6.07) is 19.9. The van der Waals surface area contributed by atoms with Crippen molar-refractivity contribution in [2.45, 2.75) is 39.3 Å². The van der Waals surface area contributed by atoms with Crippen LogP contribution in [0.2, 0.25) is 0 Å². The molecule has 33 heavy (non-hydrogen) atoms. The van der Waals surface area contributed by atoms with E-state index >= 15 is 0 Å². The normalized spacial score (nSPS) is 17.1. The van der Waals surface area contributed by atoms with Crippen LogP contribution in [0.3, 0.4) is 0 Å². The lowest BCUT2D eigenvalue weighted by molar-refractivity contribution is -0.151. The number of rotatable bonds is 8. The van der Waals surface area contributed by atoms with Gasteiger partial charge < -0.3 is 19.7 Å². The first-order chi connectivity index (χ1) is 15.8. The average Bonchev–Trinajstić information content (AvgIpc) is 3.13. The van der Waals surface area contributed by atoms with E-state index in [-0.39, 0.29) is 5.78 Å². The number of carbonyl (C=O) groups is 2. The number of ketones is 1. The van der Waals surface area contributed by atoms with Gasteiger partial charge in [0.15, 0.2) is 11.5 Å². The van der Waals surface area contributed by atoms with Crippen molar-refractivity contribution in [3.8, 4) is 0 Å². The third-order valence-corrected chi connectivity index (χ3v) is 5.99. The summed E-state index contributed by atoms with van der Waals surface area (Å²) in [5.41, 5.74) is 4.84. The number of Topliss-reactive ketones (excluding diaryl/α,β-unsaturated/α-hetero) is 1. The van der Waals surface area contributed by atoms with Crippen LogP contribution < -0.4 is 5.32 Å².